The third-order valence-electron chi connectivity index (χ3n) is 3.70. The first kappa shape index (κ1) is 19.2. The molecular formula is C15H29IN6. The molecule has 1 saturated heterocycles. The predicted octanol–water partition coefficient (Wildman–Crippen LogP) is 1.54. The lowest BCUT2D eigenvalue weighted by Gasteiger charge is -2.25. The highest BCUT2D eigenvalue weighted by Gasteiger charge is 2.08. The molecule has 0 bridgehead atoms. The number of piperidine rings is 1. The van der Waals surface area contributed by atoms with Crippen LogP contribution in [-0.4, -0.2) is 59.7 Å². The van der Waals surface area contributed by atoms with Crippen molar-refractivity contribution in [2.75, 3.05) is 39.3 Å². The van der Waals surface area contributed by atoms with E-state index in [2.05, 4.69) is 37.0 Å². The van der Waals surface area contributed by atoms with Crippen LogP contribution in [-0.2, 0) is 6.54 Å². The van der Waals surface area contributed by atoms with Gasteiger partial charge in [0.1, 0.15) is 0 Å². The molecule has 6 nitrogen and oxygen atoms in total. The number of likely N-dealkylation sites (tertiary alicyclic amines) is 1. The van der Waals surface area contributed by atoms with Gasteiger partial charge in [0.05, 0.1) is 12.9 Å². The Morgan fingerprint density at radius 3 is 2.68 bits per heavy atom. The lowest BCUT2D eigenvalue weighted by atomic mass is 10.1. The molecule has 0 aliphatic carbocycles. The highest BCUT2D eigenvalue weighted by atomic mass is 127. The minimum Gasteiger partial charge on any atom is -0.357 e. The summed E-state index contributed by atoms with van der Waals surface area (Å²) >= 11 is 0. The van der Waals surface area contributed by atoms with E-state index in [1.807, 2.05) is 12.5 Å². The summed E-state index contributed by atoms with van der Waals surface area (Å²) in [6.07, 6.45) is 9.68. The van der Waals surface area contributed by atoms with Gasteiger partial charge in [0.15, 0.2) is 5.96 Å². The van der Waals surface area contributed by atoms with E-state index < -0.39 is 0 Å². The van der Waals surface area contributed by atoms with Gasteiger partial charge in [-0.2, -0.15) is 0 Å². The largest absolute Gasteiger partial charge is 0.357 e. The number of aliphatic imine (C=N–C) groups is 1. The minimum atomic E-state index is 0. The number of guanidine groups is 1. The molecule has 0 aromatic carbocycles. The molecule has 0 amide bonds. The number of hydrogen-bond donors (Lipinski definition) is 2. The molecule has 0 unspecified atom stereocenters. The van der Waals surface area contributed by atoms with Gasteiger partial charge in [-0.25, -0.2) is 4.98 Å². The third kappa shape index (κ3) is 7.44. The summed E-state index contributed by atoms with van der Waals surface area (Å²) in [5.74, 6) is 0.912. The fraction of sp³-hybridized carbons (Fsp3) is 0.733. The van der Waals surface area contributed by atoms with E-state index in [0.29, 0.717) is 0 Å². The maximum Gasteiger partial charge on any atom is 0.191 e. The quantitative estimate of drug-likeness (QED) is 0.399. The highest BCUT2D eigenvalue weighted by molar-refractivity contribution is 14.0. The first-order valence-corrected chi connectivity index (χ1v) is 8.09. The Kier molecular flexibility index (Phi) is 10.2. The van der Waals surface area contributed by atoms with Gasteiger partial charge in [0.2, 0.25) is 0 Å². The smallest absolute Gasteiger partial charge is 0.191 e. The van der Waals surface area contributed by atoms with Crippen LogP contribution in [0.1, 0.15) is 26.2 Å². The number of imidazole rings is 1. The van der Waals surface area contributed by atoms with Gasteiger partial charge >= 0.3 is 0 Å². The van der Waals surface area contributed by atoms with Gasteiger partial charge < -0.3 is 20.1 Å². The summed E-state index contributed by atoms with van der Waals surface area (Å²) in [5, 5.41) is 6.66. The zero-order valence-corrected chi connectivity index (χ0v) is 15.8. The molecule has 0 saturated carbocycles. The Balaban J connectivity index is 0.00000242. The van der Waals surface area contributed by atoms with Crippen LogP contribution in [0.2, 0.25) is 0 Å². The summed E-state index contributed by atoms with van der Waals surface area (Å²) in [6, 6.07) is 0. The maximum absolute atomic E-state index is 4.65. The Morgan fingerprint density at radius 1 is 1.18 bits per heavy atom. The van der Waals surface area contributed by atoms with Crippen LogP contribution >= 0.6 is 24.0 Å². The van der Waals surface area contributed by atoms with E-state index in [-0.39, 0.29) is 24.0 Å². The fourth-order valence-electron chi connectivity index (χ4n) is 2.55. The van der Waals surface area contributed by atoms with Crippen LogP contribution in [0, 0.1) is 0 Å². The van der Waals surface area contributed by atoms with Gasteiger partial charge in [-0.3, -0.25) is 4.99 Å². The predicted molar refractivity (Wildman–Crippen MR) is 102 cm³/mol. The number of nitrogens with zero attached hydrogens (tertiary/aromatic N) is 4. The third-order valence-corrected chi connectivity index (χ3v) is 3.70. The molecule has 7 heteroatoms. The molecule has 0 atom stereocenters. The molecule has 1 aliphatic rings. The first-order valence-electron chi connectivity index (χ1n) is 8.09. The van der Waals surface area contributed by atoms with E-state index in [1.54, 1.807) is 6.20 Å². The van der Waals surface area contributed by atoms with Crippen molar-refractivity contribution in [3.8, 4) is 0 Å². The van der Waals surface area contributed by atoms with Gasteiger partial charge in [-0.15, -0.1) is 24.0 Å². The summed E-state index contributed by atoms with van der Waals surface area (Å²) in [5.41, 5.74) is 0. The number of aromatic nitrogens is 2. The molecule has 2 heterocycles. The van der Waals surface area contributed by atoms with Crippen LogP contribution in [0.3, 0.4) is 0 Å². The topological polar surface area (TPSA) is 57.5 Å². The van der Waals surface area contributed by atoms with Crippen molar-refractivity contribution < 1.29 is 0 Å². The van der Waals surface area contributed by atoms with E-state index >= 15 is 0 Å². The molecule has 2 rings (SSSR count). The number of rotatable bonds is 7. The molecule has 2 N–H and O–H groups in total. The molecule has 126 valence electrons. The fourth-order valence-corrected chi connectivity index (χ4v) is 2.55. The lowest BCUT2D eigenvalue weighted by molar-refractivity contribution is 0.235. The molecule has 22 heavy (non-hydrogen) atoms. The SMILES string of the molecule is CCNC(=NCCN1CCCCC1)NCCn1ccnc1.I. The molecule has 1 fully saturated rings. The molecule has 1 aromatic rings. The van der Waals surface area contributed by atoms with E-state index in [4.69, 9.17) is 0 Å². The Labute approximate surface area is 150 Å². The molecular weight excluding hydrogens is 391 g/mol. The lowest BCUT2D eigenvalue weighted by Crippen LogP contribution is -2.39. The Bertz CT molecular complexity index is 400. The second-order valence-corrected chi connectivity index (χ2v) is 5.39. The van der Waals surface area contributed by atoms with Crippen LogP contribution in [0.5, 0.6) is 0 Å². The van der Waals surface area contributed by atoms with Crippen LogP contribution < -0.4 is 10.6 Å². The maximum atomic E-state index is 4.65. The van der Waals surface area contributed by atoms with Crippen LogP contribution in [0.25, 0.3) is 0 Å². The second-order valence-electron chi connectivity index (χ2n) is 5.39. The highest BCUT2D eigenvalue weighted by Crippen LogP contribution is 2.07. The van der Waals surface area contributed by atoms with Crippen molar-refractivity contribution in [3.05, 3.63) is 18.7 Å². The van der Waals surface area contributed by atoms with Gasteiger partial charge in [-0.1, -0.05) is 6.42 Å². The van der Waals surface area contributed by atoms with Crippen molar-refractivity contribution in [1.29, 1.82) is 0 Å². The first-order chi connectivity index (χ1) is 10.4. The van der Waals surface area contributed by atoms with Crippen molar-refractivity contribution in [1.82, 2.24) is 25.1 Å². The van der Waals surface area contributed by atoms with Crippen molar-refractivity contribution in [2.24, 2.45) is 4.99 Å². The minimum absolute atomic E-state index is 0. The molecule has 1 aliphatic heterocycles. The monoisotopic (exact) mass is 420 g/mol. The zero-order chi connectivity index (χ0) is 14.8. The van der Waals surface area contributed by atoms with Crippen LogP contribution in [0.15, 0.2) is 23.7 Å². The molecule has 1 aromatic heterocycles. The van der Waals surface area contributed by atoms with Crippen LogP contribution in [0.4, 0.5) is 0 Å². The van der Waals surface area contributed by atoms with Gasteiger partial charge in [-0.05, 0) is 32.9 Å². The summed E-state index contributed by atoms with van der Waals surface area (Å²) in [6.45, 7) is 9.14. The zero-order valence-electron chi connectivity index (χ0n) is 13.5. The summed E-state index contributed by atoms with van der Waals surface area (Å²) in [4.78, 5) is 11.2. The Hall–Kier alpha value is -0.830. The van der Waals surface area contributed by atoms with Gasteiger partial charge in [0, 0.05) is 38.6 Å². The van der Waals surface area contributed by atoms with E-state index in [1.165, 1.54) is 32.4 Å². The number of nitrogens with one attached hydrogen (secondary N) is 2. The average Bonchev–Trinajstić information content (AvgIpc) is 3.02. The summed E-state index contributed by atoms with van der Waals surface area (Å²) < 4.78 is 2.06. The molecule has 0 radical (unpaired) electrons. The van der Waals surface area contributed by atoms with Crippen molar-refractivity contribution >= 4 is 29.9 Å². The summed E-state index contributed by atoms with van der Waals surface area (Å²) in [7, 11) is 0. The Morgan fingerprint density at radius 2 is 2.00 bits per heavy atom. The van der Waals surface area contributed by atoms with E-state index in [0.717, 1.165) is 38.7 Å². The average molecular weight is 420 g/mol. The second kappa shape index (κ2) is 11.7. The van der Waals surface area contributed by atoms with Gasteiger partial charge in [0.25, 0.3) is 0 Å². The van der Waals surface area contributed by atoms with Crippen molar-refractivity contribution in [3.63, 3.8) is 0 Å². The van der Waals surface area contributed by atoms with E-state index in [9.17, 15) is 0 Å². The molecule has 0 spiro atoms. The number of hydrogen-bond acceptors (Lipinski definition) is 3. The number of halogens is 1. The normalized spacial score (nSPS) is 16.1. The standard InChI is InChI=1S/C15H28N6.HI/c1-2-17-15(19-8-13-21-11-6-16-14-21)18-7-12-20-9-4-3-5-10-20;/h6,11,14H,2-5,7-10,12-13H2,1H3,(H2,17,18,19);1H. The van der Waals surface area contributed by atoms with Crippen molar-refractivity contribution in [2.45, 2.75) is 32.7 Å².